The third kappa shape index (κ3) is 52.2. The van der Waals surface area contributed by atoms with Crippen molar-refractivity contribution in [2.45, 2.75) is 322 Å². The minimum absolute atomic E-state index is 0.326. The highest BCUT2D eigenvalue weighted by molar-refractivity contribution is 7.47. The zero-order valence-electron chi connectivity index (χ0n) is 39.5. The van der Waals surface area contributed by atoms with Crippen molar-refractivity contribution in [1.82, 2.24) is 0 Å². The molecule has 0 fully saturated rings. The fourth-order valence-electron chi connectivity index (χ4n) is 8.53. The maximum atomic E-state index is 12.2. The number of unbranched alkanes of at least 4 members (excludes halogenated alkanes) is 46. The Morgan fingerprint density at radius 3 is 0.509 bits per heavy atom. The Labute approximate surface area is 360 Å². The van der Waals surface area contributed by atoms with Gasteiger partial charge in [0.1, 0.15) is 0 Å². The first-order valence-electron chi connectivity index (χ1n) is 26.7. The van der Waals surface area contributed by atoms with Gasteiger partial charge in [0.25, 0.3) is 0 Å². The van der Waals surface area contributed by atoms with Gasteiger partial charge in [0.2, 0.25) is 0 Å². The lowest BCUT2D eigenvalue weighted by Gasteiger charge is -2.12. The second-order valence-electron chi connectivity index (χ2n) is 18.4. The van der Waals surface area contributed by atoms with Crippen LogP contribution in [0.5, 0.6) is 0 Å². The summed E-state index contributed by atoms with van der Waals surface area (Å²) in [4.78, 5) is 9.99. The minimum Gasteiger partial charge on any atom is -0.302 e. The molecular weight excluding hydrogens is 720 g/mol. The lowest BCUT2D eigenvalue weighted by Crippen LogP contribution is -1.99. The van der Waals surface area contributed by atoms with E-state index < -0.39 is 7.82 Å². The molecule has 0 rings (SSSR count). The molecule has 5 heteroatoms. The molecule has 0 aliphatic rings. The van der Waals surface area contributed by atoms with Crippen molar-refractivity contribution >= 4 is 7.82 Å². The van der Waals surface area contributed by atoms with Gasteiger partial charge in [-0.1, -0.05) is 309 Å². The Balaban J connectivity index is 3.23. The van der Waals surface area contributed by atoms with E-state index in [1.807, 2.05) is 0 Å². The summed E-state index contributed by atoms with van der Waals surface area (Å²) in [5.41, 5.74) is 0. The number of phosphoric acid groups is 1. The molecule has 0 aliphatic heterocycles. The molecule has 0 heterocycles. The molecule has 0 unspecified atom stereocenters. The van der Waals surface area contributed by atoms with Crippen LogP contribution in [0.2, 0.25) is 0 Å². The van der Waals surface area contributed by atoms with Crippen LogP contribution >= 0.6 is 7.82 Å². The molecule has 0 aliphatic carbocycles. The summed E-state index contributed by atoms with van der Waals surface area (Å²) in [5.74, 6) is 0. The Morgan fingerprint density at radius 2 is 0.368 bits per heavy atom. The summed E-state index contributed by atoms with van der Waals surface area (Å²) in [7, 11) is -3.89. The molecule has 0 spiro atoms. The summed E-state index contributed by atoms with van der Waals surface area (Å²) >= 11 is 0. The average molecular weight is 827 g/mol. The SMILES string of the molecule is CCCCCCCCCCCCCCCCCCCCCCCCCCOP(=O)(O)OCCCCCCCCCCCCCCCCCCCCCCCCCC. The molecule has 0 amide bonds. The van der Waals surface area contributed by atoms with Gasteiger partial charge in [-0.25, -0.2) is 4.57 Å². The van der Waals surface area contributed by atoms with Gasteiger partial charge >= 0.3 is 7.82 Å². The molecule has 0 atom stereocenters. The van der Waals surface area contributed by atoms with Crippen LogP contribution in [0.15, 0.2) is 0 Å². The van der Waals surface area contributed by atoms with Crippen LogP contribution in [-0.4, -0.2) is 18.1 Å². The lowest BCUT2D eigenvalue weighted by molar-refractivity contribution is 0.145. The molecule has 0 saturated carbocycles. The summed E-state index contributed by atoms with van der Waals surface area (Å²) in [6.45, 7) is 5.25. The van der Waals surface area contributed by atoms with Gasteiger partial charge in [-0.2, -0.15) is 0 Å². The van der Waals surface area contributed by atoms with Gasteiger partial charge in [0.05, 0.1) is 13.2 Å². The average Bonchev–Trinajstić information content (AvgIpc) is 3.20. The largest absolute Gasteiger partial charge is 0.472 e. The van der Waals surface area contributed by atoms with Crippen molar-refractivity contribution in [2.75, 3.05) is 13.2 Å². The van der Waals surface area contributed by atoms with Crippen LogP contribution in [-0.2, 0) is 13.6 Å². The normalized spacial score (nSPS) is 12.0. The third-order valence-corrected chi connectivity index (χ3v) is 13.5. The highest BCUT2D eigenvalue weighted by atomic mass is 31.2. The van der Waals surface area contributed by atoms with Gasteiger partial charge in [0, 0.05) is 0 Å². The quantitative estimate of drug-likeness (QED) is 0.0490. The van der Waals surface area contributed by atoms with Crippen molar-refractivity contribution < 1.29 is 18.5 Å². The van der Waals surface area contributed by atoms with E-state index in [0.717, 1.165) is 25.7 Å². The standard InChI is InChI=1S/C52H107O4P/c1-3-5-7-9-11-13-15-17-19-21-23-25-27-29-31-33-35-37-39-41-43-45-47-49-51-55-57(53,54)56-52-50-48-46-44-42-40-38-36-34-32-30-28-26-24-22-20-18-16-14-12-10-8-6-4-2/h3-52H2,1-2H3,(H,53,54). The highest BCUT2D eigenvalue weighted by Gasteiger charge is 2.20. The van der Waals surface area contributed by atoms with E-state index in [0.29, 0.717) is 13.2 Å². The topological polar surface area (TPSA) is 55.8 Å². The molecule has 1 N–H and O–H groups in total. The maximum Gasteiger partial charge on any atom is 0.472 e. The molecule has 0 bridgehead atoms. The Kier molecular flexibility index (Phi) is 50.6. The molecule has 0 saturated heterocycles. The predicted octanol–water partition coefficient (Wildman–Crippen LogP) is 19.9. The highest BCUT2D eigenvalue weighted by Crippen LogP contribution is 2.43. The molecule has 0 aromatic heterocycles. The zero-order chi connectivity index (χ0) is 41.3. The van der Waals surface area contributed by atoms with E-state index in [9.17, 15) is 9.46 Å². The van der Waals surface area contributed by atoms with Crippen LogP contribution in [0.25, 0.3) is 0 Å². The predicted molar refractivity (Wildman–Crippen MR) is 255 cm³/mol. The fourth-order valence-corrected chi connectivity index (χ4v) is 9.32. The summed E-state index contributed by atoms with van der Waals surface area (Å²) < 4.78 is 22.6. The van der Waals surface area contributed by atoms with Crippen LogP contribution < -0.4 is 0 Å². The van der Waals surface area contributed by atoms with Crippen LogP contribution in [0.1, 0.15) is 322 Å². The maximum absolute atomic E-state index is 12.2. The van der Waals surface area contributed by atoms with Gasteiger partial charge in [0.15, 0.2) is 0 Å². The van der Waals surface area contributed by atoms with Crippen molar-refractivity contribution in [3.8, 4) is 0 Å². The molecule has 57 heavy (non-hydrogen) atoms. The van der Waals surface area contributed by atoms with E-state index in [2.05, 4.69) is 13.8 Å². The summed E-state index contributed by atoms with van der Waals surface area (Å²) in [6, 6.07) is 0. The summed E-state index contributed by atoms with van der Waals surface area (Å²) in [6.07, 6.45) is 65.8. The number of rotatable bonds is 52. The zero-order valence-corrected chi connectivity index (χ0v) is 40.4. The van der Waals surface area contributed by atoms with Gasteiger partial charge in [-0.3, -0.25) is 9.05 Å². The first-order valence-corrected chi connectivity index (χ1v) is 28.2. The first kappa shape index (κ1) is 57.1. The van der Waals surface area contributed by atoms with Crippen molar-refractivity contribution in [1.29, 1.82) is 0 Å². The Bertz CT molecular complexity index is 702. The van der Waals surface area contributed by atoms with Crippen LogP contribution in [0.4, 0.5) is 0 Å². The monoisotopic (exact) mass is 827 g/mol. The lowest BCUT2D eigenvalue weighted by atomic mass is 10.0. The minimum atomic E-state index is -3.89. The molecule has 344 valence electrons. The van der Waals surface area contributed by atoms with E-state index in [-0.39, 0.29) is 0 Å². The Morgan fingerprint density at radius 1 is 0.246 bits per heavy atom. The molecule has 0 aromatic carbocycles. The number of hydrogen-bond donors (Lipinski definition) is 1. The van der Waals surface area contributed by atoms with Crippen LogP contribution in [0, 0.1) is 0 Å². The number of phosphoric ester groups is 1. The molecule has 0 aromatic rings. The van der Waals surface area contributed by atoms with Crippen molar-refractivity contribution in [3.05, 3.63) is 0 Å². The third-order valence-electron chi connectivity index (χ3n) is 12.5. The van der Waals surface area contributed by atoms with E-state index in [1.54, 1.807) is 0 Å². The fraction of sp³-hybridized carbons (Fsp3) is 1.00. The first-order chi connectivity index (χ1) is 28.1. The Hall–Kier alpha value is 0.110. The van der Waals surface area contributed by atoms with Crippen molar-refractivity contribution in [2.24, 2.45) is 0 Å². The van der Waals surface area contributed by atoms with Gasteiger partial charge < -0.3 is 4.89 Å². The molecule has 4 nitrogen and oxygen atoms in total. The second-order valence-corrected chi connectivity index (χ2v) is 19.9. The van der Waals surface area contributed by atoms with Gasteiger partial charge in [-0.05, 0) is 12.8 Å². The molecular formula is C52H107O4P. The van der Waals surface area contributed by atoms with Crippen molar-refractivity contribution in [3.63, 3.8) is 0 Å². The van der Waals surface area contributed by atoms with E-state index in [4.69, 9.17) is 9.05 Å². The van der Waals surface area contributed by atoms with Crippen LogP contribution in [0.3, 0.4) is 0 Å². The van der Waals surface area contributed by atoms with E-state index >= 15 is 0 Å². The smallest absolute Gasteiger partial charge is 0.302 e. The van der Waals surface area contributed by atoms with E-state index in [1.165, 1.54) is 283 Å². The van der Waals surface area contributed by atoms with Gasteiger partial charge in [-0.15, -0.1) is 0 Å². The summed E-state index contributed by atoms with van der Waals surface area (Å²) in [5, 5.41) is 0. The number of hydrogen-bond acceptors (Lipinski definition) is 3. The molecule has 0 radical (unpaired) electrons. The second kappa shape index (κ2) is 50.5.